The van der Waals surface area contributed by atoms with Gasteiger partial charge in [0, 0.05) is 13.2 Å². The molecule has 1 aromatic heterocycles. The van der Waals surface area contributed by atoms with Crippen LogP contribution < -0.4 is 0 Å². The van der Waals surface area contributed by atoms with Gasteiger partial charge in [0.25, 0.3) is 0 Å². The third kappa shape index (κ3) is 1.43. The summed E-state index contributed by atoms with van der Waals surface area (Å²) in [6, 6.07) is 7.87. The van der Waals surface area contributed by atoms with Crippen molar-refractivity contribution in [1.82, 2.24) is 4.57 Å². The Kier molecular flexibility index (Phi) is 2.16. The van der Waals surface area contributed by atoms with Crippen LogP contribution in [0.4, 0.5) is 0 Å². The number of carbonyl (C=O) groups excluding carboxylic acids is 1. The quantitative estimate of drug-likeness (QED) is 0.806. The summed E-state index contributed by atoms with van der Waals surface area (Å²) in [6.45, 7) is 0. The minimum absolute atomic E-state index is 0.0220. The molecule has 0 saturated carbocycles. The number of fused-ring (bicyclic) bond motifs is 1. The van der Waals surface area contributed by atoms with Gasteiger partial charge in [0.1, 0.15) is 0 Å². The van der Waals surface area contributed by atoms with Crippen molar-refractivity contribution >= 4 is 16.7 Å². The number of allylic oxidation sites excluding steroid dienone is 1. The van der Waals surface area contributed by atoms with E-state index in [1.807, 2.05) is 42.1 Å². The van der Waals surface area contributed by atoms with E-state index in [9.17, 15) is 9.90 Å². The number of aromatic nitrogens is 1. The maximum atomic E-state index is 11.8. The molecule has 1 aromatic carbocycles. The number of rotatable bonds is 1. The van der Waals surface area contributed by atoms with E-state index in [1.165, 1.54) is 6.08 Å². The second-order valence-corrected chi connectivity index (χ2v) is 4.44. The Bertz CT molecular complexity index is 624. The lowest BCUT2D eigenvalue weighted by molar-refractivity contribution is -0.116. The number of benzene rings is 1. The van der Waals surface area contributed by atoms with Crippen molar-refractivity contribution in [2.75, 3.05) is 0 Å². The SMILES string of the molecule is Cn1ccc2cccc(C3C(=O)C=C[C@@H]3O)c21. The number of hydrogen-bond donors (Lipinski definition) is 1. The number of para-hydroxylation sites is 1. The summed E-state index contributed by atoms with van der Waals surface area (Å²) >= 11 is 0. The summed E-state index contributed by atoms with van der Waals surface area (Å²) < 4.78 is 1.99. The van der Waals surface area contributed by atoms with Gasteiger partial charge < -0.3 is 9.67 Å². The Balaban J connectivity index is 2.24. The molecule has 0 fully saturated rings. The summed E-state index contributed by atoms with van der Waals surface area (Å²) in [4.78, 5) is 11.8. The topological polar surface area (TPSA) is 42.2 Å². The predicted molar refractivity (Wildman–Crippen MR) is 65.8 cm³/mol. The molecule has 3 heteroatoms. The van der Waals surface area contributed by atoms with Crippen LogP contribution in [0.15, 0.2) is 42.6 Å². The predicted octanol–water partition coefficient (Wildman–Crippen LogP) is 1.76. The molecule has 1 N–H and O–H groups in total. The van der Waals surface area contributed by atoms with E-state index in [0.29, 0.717) is 0 Å². The van der Waals surface area contributed by atoms with Crippen LogP contribution in [0, 0.1) is 0 Å². The maximum absolute atomic E-state index is 11.8. The lowest BCUT2D eigenvalue weighted by Gasteiger charge is -2.15. The Morgan fingerprint density at radius 2 is 2.12 bits per heavy atom. The number of carbonyl (C=O) groups is 1. The largest absolute Gasteiger partial charge is 0.388 e. The summed E-state index contributed by atoms with van der Waals surface area (Å²) in [5, 5.41) is 11.0. The molecule has 0 aliphatic heterocycles. The molecule has 3 rings (SSSR count). The van der Waals surface area contributed by atoms with Gasteiger partial charge in [-0.15, -0.1) is 0 Å². The second-order valence-electron chi connectivity index (χ2n) is 4.44. The first kappa shape index (κ1) is 10.3. The molecule has 2 atom stereocenters. The molecule has 0 amide bonds. The van der Waals surface area contributed by atoms with Crippen molar-refractivity contribution in [3.05, 3.63) is 48.2 Å². The lowest BCUT2D eigenvalue weighted by atomic mass is 9.92. The smallest absolute Gasteiger partial charge is 0.165 e. The molecular formula is C14H13NO2. The van der Waals surface area contributed by atoms with Gasteiger partial charge in [-0.2, -0.15) is 0 Å². The third-order valence-corrected chi connectivity index (χ3v) is 3.37. The average molecular weight is 227 g/mol. The second kappa shape index (κ2) is 3.57. The van der Waals surface area contributed by atoms with Gasteiger partial charge in [0.15, 0.2) is 5.78 Å². The van der Waals surface area contributed by atoms with Crippen LogP contribution in [-0.2, 0) is 11.8 Å². The van der Waals surface area contributed by atoms with Gasteiger partial charge in [0.2, 0.25) is 0 Å². The summed E-state index contributed by atoms with van der Waals surface area (Å²) in [6.07, 6.45) is 4.29. The van der Waals surface area contributed by atoms with Crippen LogP contribution in [0.3, 0.4) is 0 Å². The minimum Gasteiger partial charge on any atom is -0.388 e. The fourth-order valence-corrected chi connectivity index (χ4v) is 2.55. The van der Waals surface area contributed by atoms with Crippen molar-refractivity contribution in [2.45, 2.75) is 12.0 Å². The molecule has 1 aliphatic carbocycles. The van der Waals surface area contributed by atoms with Crippen LogP contribution in [0.25, 0.3) is 10.9 Å². The van der Waals surface area contributed by atoms with E-state index >= 15 is 0 Å². The van der Waals surface area contributed by atoms with Gasteiger partial charge >= 0.3 is 0 Å². The zero-order valence-electron chi connectivity index (χ0n) is 9.50. The van der Waals surface area contributed by atoms with Crippen LogP contribution in [0.5, 0.6) is 0 Å². The molecule has 1 unspecified atom stereocenters. The minimum atomic E-state index is -0.706. The van der Waals surface area contributed by atoms with Crippen molar-refractivity contribution in [3.8, 4) is 0 Å². The normalized spacial score (nSPS) is 23.8. The first-order chi connectivity index (χ1) is 8.18. The average Bonchev–Trinajstić information content (AvgIpc) is 2.84. The van der Waals surface area contributed by atoms with Gasteiger partial charge in [-0.25, -0.2) is 0 Å². The van der Waals surface area contributed by atoms with E-state index < -0.39 is 12.0 Å². The highest BCUT2D eigenvalue weighted by atomic mass is 16.3. The number of aliphatic hydroxyl groups is 1. The van der Waals surface area contributed by atoms with Crippen LogP contribution in [0.1, 0.15) is 11.5 Å². The monoisotopic (exact) mass is 227 g/mol. The van der Waals surface area contributed by atoms with Crippen molar-refractivity contribution in [2.24, 2.45) is 7.05 Å². The van der Waals surface area contributed by atoms with Crippen molar-refractivity contribution in [1.29, 1.82) is 0 Å². The summed E-state index contributed by atoms with van der Waals surface area (Å²) in [5.74, 6) is -0.474. The number of ketones is 1. The molecule has 0 bridgehead atoms. The van der Waals surface area contributed by atoms with Crippen LogP contribution in [0.2, 0.25) is 0 Å². The lowest BCUT2D eigenvalue weighted by Crippen LogP contribution is -2.18. The third-order valence-electron chi connectivity index (χ3n) is 3.37. The fourth-order valence-electron chi connectivity index (χ4n) is 2.55. The van der Waals surface area contributed by atoms with Crippen LogP contribution >= 0.6 is 0 Å². The zero-order chi connectivity index (χ0) is 12.0. The fraction of sp³-hybridized carbons (Fsp3) is 0.214. The first-order valence-corrected chi connectivity index (χ1v) is 5.62. The molecular weight excluding hydrogens is 214 g/mol. The first-order valence-electron chi connectivity index (χ1n) is 5.62. The molecule has 1 aliphatic rings. The molecule has 2 aromatic rings. The van der Waals surface area contributed by atoms with Crippen molar-refractivity contribution < 1.29 is 9.90 Å². The Labute approximate surface area is 99.0 Å². The van der Waals surface area contributed by atoms with Gasteiger partial charge in [-0.1, -0.05) is 24.3 Å². The molecule has 1 heterocycles. The van der Waals surface area contributed by atoms with E-state index in [-0.39, 0.29) is 5.78 Å². The Hall–Kier alpha value is -1.87. The number of aliphatic hydroxyl groups excluding tert-OH is 1. The van der Waals surface area contributed by atoms with E-state index in [2.05, 4.69) is 0 Å². The standard InChI is InChI=1S/C14H13NO2/c1-15-8-7-9-3-2-4-10(14(9)15)13-11(16)5-6-12(13)17/h2-8,11,13,16H,1H3/t11-,13?/m0/s1. The highest BCUT2D eigenvalue weighted by Gasteiger charge is 2.31. The number of nitrogens with zero attached hydrogens (tertiary/aromatic N) is 1. The highest BCUT2D eigenvalue weighted by molar-refractivity contribution is 6.01. The summed E-state index contributed by atoms with van der Waals surface area (Å²) in [5.41, 5.74) is 1.92. The molecule has 86 valence electrons. The molecule has 3 nitrogen and oxygen atoms in total. The van der Waals surface area contributed by atoms with E-state index in [4.69, 9.17) is 0 Å². The zero-order valence-corrected chi connectivity index (χ0v) is 9.50. The summed E-state index contributed by atoms with van der Waals surface area (Å²) in [7, 11) is 1.95. The Morgan fingerprint density at radius 1 is 1.29 bits per heavy atom. The Morgan fingerprint density at radius 3 is 2.82 bits per heavy atom. The van der Waals surface area contributed by atoms with Gasteiger partial charge in [-0.05, 0) is 23.1 Å². The maximum Gasteiger partial charge on any atom is 0.165 e. The molecule has 17 heavy (non-hydrogen) atoms. The van der Waals surface area contributed by atoms with Gasteiger partial charge in [0.05, 0.1) is 17.5 Å². The highest BCUT2D eigenvalue weighted by Crippen LogP contribution is 2.32. The molecule has 0 saturated heterocycles. The number of aryl methyl sites for hydroxylation is 1. The van der Waals surface area contributed by atoms with Crippen LogP contribution in [-0.4, -0.2) is 21.6 Å². The number of hydrogen-bond acceptors (Lipinski definition) is 2. The molecule has 0 spiro atoms. The van der Waals surface area contributed by atoms with Gasteiger partial charge in [-0.3, -0.25) is 4.79 Å². The molecule has 0 radical (unpaired) electrons. The van der Waals surface area contributed by atoms with E-state index in [0.717, 1.165) is 16.5 Å². The van der Waals surface area contributed by atoms with Crippen molar-refractivity contribution in [3.63, 3.8) is 0 Å². The van der Waals surface area contributed by atoms with E-state index in [1.54, 1.807) is 6.08 Å².